The van der Waals surface area contributed by atoms with Gasteiger partial charge in [-0.1, -0.05) is 87.2 Å². The molecular weight excluding hydrogens is 418 g/mol. The second kappa shape index (κ2) is 9.69. The van der Waals surface area contributed by atoms with E-state index >= 15 is 0 Å². The van der Waals surface area contributed by atoms with Crippen LogP contribution in [0.1, 0.15) is 50.7 Å². The number of rotatable bonds is 7. The second-order valence-corrected chi connectivity index (χ2v) is 10.2. The van der Waals surface area contributed by atoms with Gasteiger partial charge in [0.15, 0.2) is 8.29 Å². The summed E-state index contributed by atoms with van der Waals surface area (Å²) < 4.78 is 3.20. The highest BCUT2D eigenvalue weighted by atomic mass is 32.2. The van der Waals surface area contributed by atoms with E-state index in [-0.39, 0.29) is 5.91 Å². The van der Waals surface area contributed by atoms with Crippen molar-refractivity contribution in [2.24, 2.45) is 0 Å². The Morgan fingerprint density at radius 2 is 1.69 bits per heavy atom. The molecule has 1 aromatic heterocycles. The molecule has 0 aliphatic rings. The number of carbonyl (C=O) groups excluding carboxylic acids is 1. The van der Waals surface area contributed by atoms with Gasteiger partial charge in [0.05, 0.1) is 11.4 Å². The van der Waals surface area contributed by atoms with Gasteiger partial charge >= 0.3 is 0 Å². The number of hydrogen-bond donors (Lipinski definition) is 1. The Morgan fingerprint density at radius 3 is 2.28 bits per heavy atom. The number of carbonyl (C=O) groups is 1. The number of nitrogens with one attached hydrogen (secondary N) is 1. The van der Waals surface area contributed by atoms with E-state index in [0.29, 0.717) is 21.5 Å². The highest BCUT2D eigenvalue weighted by Gasteiger charge is 2.16. The molecule has 0 aliphatic carbocycles. The lowest BCUT2D eigenvalue weighted by molar-refractivity contribution is -0.113. The van der Waals surface area contributed by atoms with Crippen molar-refractivity contribution in [2.75, 3.05) is 11.1 Å². The molecule has 0 radical (unpaired) electrons. The van der Waals surface area contributed by atoms with E-state index in [1.165, 1.54) is 34.2 Å². The molecule has 0 spiro atoms. The summed E-state index contributed by atoms with van der Waals surface area (Å²) >= 11 is 8.27. The van der Waals surface area contributed by atoms with Crippen LogP contribution in [0, 0.1) is 3.95 Å². The Labute approximate surface area is 185 Å². The van der Waals surface area contributed by atoms with E-state index in [1.54, 1.807) is 4.68 Å². The number of benzene rings is 2. The van der Waals surface area contributed by atoms with Crippen LogP contribution in [-0.4, -0.2) is 21.4 Å². The summed E-state index contributed by atoms with van der Waals surface area (Å²) in [6.45, 7) is 8.58. The minimum absolute atomic E-state index is 0.0302. The molecular formula is C22H25N3OS3. The lowest BCUT2D eigenvalue weighted by atomic mass is 9.92. The normalized spacial score (nSPS) is 11.2. The zero-order valence-electron chi connectivity index (χ0n) is 17.0. The minimum Gasteiger partial charge on any atom is -0.325 e. The Kier molecular flexibility index (Phi) is 7.27. The van der Waals surface area contributed by atoms with Crippen LogP contribution in [0.5, 0.6) is 0 Å². The van der Waals surface area contributed by atoms with Crippen molar-refractivity contribution in [2.45, 2.75) is 43.9 Å². The smallest absolute Gasteiger partial charge is 0.234 e. The lowest BCUT2D eigenvalue weighted by Crippen LogP contribution is -2.17. The second-order valence-electron chi connectivity index (χ2n) is 7.34. The van der Waals surface area contributed by atoms with E-state index in [2.05, 4.69) is 56.3 Å². The molecule has 0 saturated carbocycles. The molecule has 1 N–H and O–H groups in total. The molecule has 1 heterocycles. The van der Waals surface area contributed by atoms with E-state index in [4.69, 9.17) is 12.2 Å². The molecule has 7 heteroatoms. The average molecular weight is 444 g/mol. The van der Waals surface area contributed by atoms with Crippen molar-refractivity contribution in [3.8, 4) is 5.69 Å². The summed E-state index contributed by atoms with van der Waals surface area (Å²) in [5.41, 5.74) is 4.21. The molecule has 0 aliphatic heterocycles. The Hall–Kier alpha value is -1.96. The van der Waals surface area contributed by atoms with Crippen LogP contribution in [0.2, 0.25) is 0 Å². The third-order valence-electron chi connectivity index (χ3n) is 4.49. The van der Waals surface area contributed by atoms with Crippen molar-refractivity contribution in [3.05, 3.63) is 63.6 Å². The van der Waals surface area contributed by atoms with Gasteiger partial charge in [-0.15, -0.1) is 5.10 Å². The highest BCUT2D eigenvalue weighted by molar-refractivity contribution is 8.01. The van der Waals surface area contributed by atoms with Crippen LogP contribution in [-0.2, 0) is 4.79 Å². The standard InChI is InChI=1S/C22H25N3OS3/c1-14(2)17-11-8-12-18(15(3)4)20(17)23-19(26)13-28-21-24-25(22(27)29-21)16-9-6-5-7-10-16/h5-12,14-15H,13H2,1-4H3,(H,23,26). The summed E-state index contributed by atoms with van der Waals surface area (Å²) in [5, 5.41) is 7.71. The molecule has 0 bridgehead atoms. The molecule has 3 rings (SSSR count). The van der Waals surface area contributed by atoms with Gasteiger partial charge in [0.2, 0.25) is 5.91 Å². The van der Waals surface area contributed by atoms with Crippen molar-refractivity contribution >= 4 is 46.9 Å². The largest absolute Gasteiger partial charge is 0.325 e. The Balaban J connectivity index is 1.73. The molecule has 0 saturated heterocycles. The molecule has 3 aromatic rings. The van der Waals surface area contributed by atoms with Crippen molar-refractivity contribution < 1.29 is 4.79 Å². The van der Waals surface area contributed by atoms with Crippen LogP contribution in [0.15, 0.2) is 52.9 Å². The van der Waals surface area contributed by atoms with Crippen LogP contribution in [0.25, 0.3) is 5.69 Å². The maximum Gasteiger partial charge on any atom is 0.234 e. The first-order valence-corrected chi connectivity index (χ1v) is 11.8. The van der Waals surface area contributed by atoms with Gasteiger partial charge in [-0.3, -0.25) is 4.79 Å². The number of thioether (sulfide) groups is 1. The maximum atomic E-state index is 12.7. The predicted octanol–water partition coefficient (Wildman–Crippen LogP) is 6.64. The van der Waals surface area contributed by atoms with Gasteiger partial charge in [0.25, 0.3) is 0 Å². The number of nitrogens with zero attached hydrogens (tertiary/aromatic N) is 2. The van der Waals surface area contributed by atoms with Crippen molar-refractivity contribution in [1.29, 1.82) is 0 Å². The first-order valence-electron chi connectivity index (χ1n) is 9.58. The molecule has 152 valence electrons. The number of para-hydroxylation sites is 2. The average Bonchev–Trinajstić information content (AvgIpc) is 3.07. The third kappa shape index (κ3) is 5.35. The van der Waals surface area contributed by atoms with E-state index < -0.39 is 0 Å². The quantitative estimate of drug-likeness (QED) is 0.328. The van der Waals surface area contributed by atoms with Gasteiger partial charge in [0.1, 0.15) is 0 Å². The van der Waals surface area contributed by atoms with Crippen LogP contribution < -0.4 is 5.32 Å². The summed E-state index contributed by atoms with van der Waals surface area (Å²) in [7, 11) is 0. The lowest BCUT2D eigenvalue weighted by Gasteiger charge is -2.20. The van der Waals surface area contributed by atoms with Crippen molar-refractivity contribution in [3.63, 3.8) is 0 Å². The van der Waals surface area contributed by atoms with E-state index in [9.17, 15) is 4.79 Å². The maximum absolute atomic E-state index is 12.7. The van der Waals surface area contributed by atoms with Gasteiger partial charge in [-0.2, -0.15) is 0 Å². The molecule has 0 fully saturated rings. The third-order valence-corrected chi connectivity index (χ3v) is 6.86. The molecule has 4 nitrogen and oxygen atoms in total. The fourth-order valence-corrected chi connectivity index (χ4v) is 5.21. The summed E-state index contributed by atoms with van der Waals surface area (Å²) in [6.07, 6.45) is 0. The number of hydrogen-bond acceptors (Lipinski definition) is 5. The van der Waals surface area contributed by atoms with E-state index in [0.717, 1.165) is 15.7 Å². The van der Waals surface area contributed by atoms with Gasteiger partial charge in [-0.05, 0) is 47.3 Å². The topological polar surface area (TPSA) is 46.9 Å². The molecule has 29 heavy (non-hydrogen) atoms. The number of anilines is 1. The summed E-state index contributed by atoms with van der Waals surface area (Å²) in [5.74, 6) is 0.935. The number of aromatic nitrogens is 2. The fourth-order valence-electron chi connectivity index (χ4n) is 3.05. The molecule has 2 aromatic carbocycles. The van der Waals surface area contributed by atoms with Gasteiger partial charge < -0.3 is 5.32 Å². The fraction of sp³-hybridized carbons (Fsp3) is 0.318. The molecule has 1 amide bonds. The van der Waals surface area contributed by atoms with E-state index in [1.807, 2.05) is 30.3 Å². The Bertz CT molecular complexity index is 1010. The van der Waals surface area contributed by atoms with Gasteiger partial charge in [0, 0.05) is 5.69 Å². The van der Waals surface area contributed by atoms with Crippen LogP contribution >= 0.6 is 35.3 Å². The SMILES string of the molecule is CC(C)c1cccc(C(C)C)c1NC(=O)CSc1nn(-c2ccccc2)c(=S)s1. The van der Waals surface area contributed by atoms with Crippen molar-refractivity contribution in [1.82, 2.24) is 9.78 Å². The molecule has 0 unspecified atom stereocenters. The zero-order chi connectivity index (χ0) is 21.0. The minimum atomic E-state index is -0.0302. The van der Waals surface area contributed by atoms with Gasteiger partial charge in [-0.25, -0.2) is 4.68 Å². The van der Waals surface area contributed by atoms with Crippen LogP contribution in [0.4, 0.5) is 5.69 Å². The Morgan fingerprint density at radius 1 is 1.07 bits per heavy atom. The number of amides is 1. The highest BCUT2D eigenvalue weighted by Crippen LogP contribution is 2.33. The monoisotopic (exact) mass is 443 g/mol. The van der Waals surface area contributed by atoms with Crippen LogP contribution in [0.3, 0.4) is 0 Å². The summed E-state index contributed by atoms with van der Waals surface area (Å²) in [4.78, 5) is 12.7. The molecule has 0 atom stereocenters. The first kappa shape index (κ1) is 21.7. The summed E-state index contributed by atoms with van der Waals surface area (Å²) in [6, 6.07) is 16.0. The zero-order valence-corrected chi connectivity index (χ0v) is 19.5. The first-order chi connectivity index (χ1) is 13.9. The predicted molar refractivity (Wildman–Crippen MR) is 126 cm³/mol.